The van der Waals surface area contributed by atoms with E-state index in [-0.39, 0.29) is 5.91 Å². The van der Waals surface area contributed by atoms with Crippen molar-refractivity contribution >= 4 is 16.9 Å². The molecule has 0 atom stereocenters. The second kappa shape index (κ2) is 10.1. The molecular weight excluding hydrogens is 362 g/mol. The quantitative estimate of drug-likeness (QED) is 0.513. The van der Waals surface area contributed by atoms with Gasteiger partial charge in [0, 0.05) is 25.9 Å². The van der Waals surface area contributed by atoms with Gasteiger partial charge in [-0.2, -0.15) is 0 Å². The van der Waals surface area contributed by atoms with Crippen molar-refractivity contribution in [3.63, 3.8) is 0 Å². The number of carbonyl (C=O) groups is 1. The molecule has 1 heterocycles. The maximum atomic E-state index is 11.7. The van der Waals surface area contributed by atoms with Crippen LogP contribution in [0.25, 0.3) is 11.0 Å². The summed E-state index contributed by atoms with van der Waals surface area (Å²) in [5.74, 6) is 2.08. The Bertz CT molecular complexity index is 962. The van der Waals surface area contributed by atoms with Gasteiger partial charge in [0.1, 0.15) is 11.6 Å². The van der Waals surface area contributed by atoms with Crippen molar-refractivity contribution in [2.75, 3.05) is 13.2 Å². The number of nitrogens with one attached hydrogen (secondary N) is 1. The summed E-state index contributed by atoms with van der Waals surface area (Å²) in [5.41, 5.74) is 4.58. The Kier molecular flexibility index (Phi) is 7.28. The molecule has 3 rings (SSSR count). The molecule has 0 saturated carbocycles. The van der Waals surface area contributed by atoms with Gasteiger partial charge in [-0.05, 0) is 56.0 Å². The van der Waals surface area contributed by atoms with Crippen molar-refractivity contribution in [1.82, 2.24) is 14.9 Å². The van der Waals surface area contributed by atoms with E-state index in [4.69, 9.17) is 9.72 Å². The molecule has 3 aromatic rings. The SMILES string of the molecule is CCCC(=O)NCCc1nc2ccccc2n1CCCOc1cccc(C)c1C. The van der Waals surface area contributed by atoms with Crippen LogP contribution in [0.15, 0.2) is 42.5 Å². The van der Waals surface area contributed by atoms with Gasteiger partial charge in [0.05, 0.1) is 17.6 Å². The third kappa shape index (κ3) is 5.37. The van der Waals surface area contributed by atoms with Gasteiger partial charge in [-0.3, -0.25) is 4.79 Å². The first kappa shape index (κ1) is 20.9. The number of benzene rings is 2. The predicted molar refractivity (Wildman–Crippen MR) is 117 cm³/mol. The summed E-state index contributed by atoms with van der Waals surface area (Å²) < 4.78 is 8.27. The highest BCUT2D eigenvalue weighted by Crippen LogP contribution is 2.21. The van der Waals surface area contributed by atoms with Crippen LogP contribution in [0.5, 0.6) is 5.75 Å². The van der Waals surface area contributed by atoms with Crippen LogP contribution < -0.4 is 10.1 Å². The normalized spacial score (nSPS) is 11.0. The number of aryl methyl sites for hydroxylation is 2. The molecule has 1 amide bonds. The lowest BCUT2D eigenvalue weighted by atomic mass is 10.1. The number of hydrogen-bond acceptors (Lipinski definition) is 3. The van der Waals surface area contributed by atoms with Crippen LogP contribution >= 0.6 is 0 Å². The first-order chi connectivity index (χ1) is 14.1. The van der Waals surface area contributed by atoms with Crippen molar-refractivity contribution < 1.29 is 9.53 Å². The van der Waals surface area contributed by atoms with E-state index < -0.39 is 0 Å². The summed E-state index contributed by atoms with van der Waals surface area (Å²) in [6, 6.07) is 14.4. The Morgan fingerprint density at radius 3 is 2.79 bits per heavy atom. The molecule has 1 N–H and O–H groups in total. The molecule has 154 valence electrons. The van der Waals surface area contributed by atoms with Gasteiger partial charge in [0.15, 0.2) is 0 Å². The Balaban J connectivity index is 1.62. The molecule has 29 heavy (non-hydrogen) atoms. The number of hydrogen-bond donors (Lipinski definition) is 1. The summed E-state index contributed by atoms with van der Waals surface area (Å²) in [6.45, 7) is 8.32. The maximum absolute atomic E-state index is 11.7. The van der Waals surface area contributed by atoms with Crippen molar-refractivity contribution in [3.8, 4) is 5.75 Å². The molecule has 0 spiro atoms. The maximum Gasteiger partial charge on any atom is 0.219 e. The zero-order chi connectivity index (χ0) is 20.6. The smallest absolute Gasteiger partial charge is 0.219 e. The Labute approximate surface area is 173 Å². The minimum absolute atomic E-state index is 0.108. The second-order valence-corrected chi connectivity index (χ2v) is 7.42. The number of carbonyl (C=O) groups excluding carboxylic acids is 1. The van der Waals surface area contributed by atoms with E-state index >= 15 is 0 Å². The van der Waals surface area contributed by atoms with Crippen LogP contribution in [-0.2, 0) is 17.8 Å². The van der Waals surface area contributed by atoms with Crippen molar-refractivity contribution in [2.24, 2.45) is 0 Å². The first-order valence-electron chi connectivity index (χ1n) is 10.5. The largest absolute Gasteiger partial charge is 0.493 e. The average molecular weight is 394 g/mol. The number of para-hydroxylation sites is 2. The third-order valence-electron chi connectivity index (χ3n) is 5.22. The highest BCUT2D eigenvalue weighted by Gasteiger charge is 2.11. The topological polar surface area (TPSA) is 56.2 Å². The highest BCUT2D eigenvalue weighted by molar-refractivity contribution is 5.76. The van der Waals surface area contributed by atoms with Gasteiger partial charge < -0.3 is 14.6 Å². The Hall–Kier alpha value is -2.82. The van der Waals surface area contributed by atoms with Crippen molar-refractivity contribution in [3.05, 3.63) is 59.4 Å². The summed E-state index contributed by atoms with van der Waals surface area (Å²) >= 11 is 0. The molecule has 1 aromatic heterocycles. The van der Waals surface area contributed by atoms with E-state index in [1.165, 1.54) is 11.1 Å². The standard InChI is InChI=1S/C24H31N3O2/c1-4-9-24(28)25-15-14-23-26-20-11-5-6-12-21(20)27(23)16-8-17-29-22-13-7-10-18(2)19(22)3/h5-7,10-13H,4,8-9,14-17H2,1-3H3,(H,25,28). The van der Waals surface area contributed by atoms with Crippen LogP contribution in [0.2, 0.25) is 0 Å². The Morgan fingerprint density at radius 2 is 1.97 bits per heavy atom. The molecule has 2 aromatic carbocycles. The van der Waals surface area contributed by atoms with Gasteiger partial charge >= 0.3 is 0 Å². The molecule has 0 unspecified atom stereocenters. The highest BCUT2D eigenvalue weighted by atomic mass is 16.5. The summed E-state index contributed by atoms with van der Waals surface area (Å²) in [6.07, 6.45) is 3.06. The molecule has 0 radical (unpaired) electrons. The van der Waals surface area contributed by atoms with Gasteiger partial charge in [-0.25, -0.2) is 4.98 Å². The van der Waals surface area contributed by atoms with E-state index in [0.29, 0.717) is 19.6 Å². The molecule has 0 aliphatic heterocycles. The second-order valence-electron chi connectivity index (χ2n) is 7.42. The van der Waals surface area contributed by atoms with Crippen LogP contribution in [-0.4, -0.2) is 28.6 Å². The zero-order valence-electron chi connectivity index (χ0n) is 17.7. The molecule has 0 aliphatic carbocycles. The van der Waals surface area contributed by atoms with Crippen molar-refractivity contribution in [1.29, 1.82) is 0 Å². The fourth-order valence-corrected chi connectivity index (χ4v) is 3.48. The summed E-state index contributed by atoms with van der Waals surface area (Å²) in [5, 5.41) is 2.99. The number of nitrogens with zero attached hydrogens (tertiary/aromatic N) is 2. The lowest BCUT2D eigenvalue weighted by Crippen LogP contribution is -2.26. The zero-order valence-corrected chi connectivity index (χ0v) is 17.7. The van der Waals surface area contributed by atoms with Crippen LogP contribution in [0.3, 0.4) is 0 Å². The van der Waals surface area contributed by atoms with Crippen molar-refractivity contribution in [2.45, 2.75) is 53.0 Å². The molecule has 5 heteroatoms. The van der Waals surface area contributed by atoms with Crippen LogP contribution in [0, 0.1) is 13.8 Å². The predicted octanol–water partition coefficient (Wildman–Crippen LogP) is 4.58. The van der Waals surface area contributed by atoms with Gasteiger partial charge in [0.25, 0.3) is 0 Å². The fraction of sp³-hybridized carbons (Fsp3) is 0.417. The van der Waals surface area contributed by atoms with Gasteiger partial charge in [-0.1, -0.05) is 31.2 Å². The van der Waals surface area contributed by atoms with E-state index in [1.54, 1.807) is 0 Å². The number of ether oxygens (including phenoxy) is 1. The minimum atomic E-state index is 0.108. The van der Waals surface area contributed by atoms with Crippen LogP contribution in [0.1, 0.15) is 43.1 Å². The van der Waals surface area contributed by atoms with E-state index in [2.05, 4.69) is 35.9 Å². The lowest BCUT2D eigenvalue weighted by Gasteiger charge is -2.13. The van der Waals surface area contributed by atoms with Gasteiger partial charge in [0.2, 0.25) is 5.91 Å². The van der Waals surface area contributed by atoms with E-state index in [9.17, 15) is 4.79 Å². The van der Waals surface area contributed by atoms with E-state index in [1.807, 2.05) is 37.3 Å². The molecule has 5 nitrogen and oxygen atoms in total. The minimum Gasteiger partial charge on any atom is -0.493 e. The number of imidazole rings is 1. The first-order valence-corrected chi connectivity index (χ1v) is 10.5. The van der Waals surface area contributed by atoms with Gasteiger partial charge in [-0.15, -0.1) is 0 Å². The molecule has 0 bridgehead atoms. The van der Waals surface area contributed by atoms with Crippen LogP contribution in [0.4, 0.5) is 0 Å². The third-order valence-corrected chi connectivity index (χ3v) is 5.22. The fourth-order valence-electron chi connectivity index (χ4n) is 3.48. The van der Waals surface area contributed by atoms with E-state index in [0.717, 1.165) is 48.4 Å². The monoisotopic (exact) mass is 393 g/mol. The molecule has 0 fully saturated rings. The number of fused-ring (bicyclic) bond motifs is 1. The molecule has 0 aliphatic rings. The Morgan fingerprint density at radius 1 is 1.14 bits per heavy atom. The molecule has 0 saturated heterocycles. The number of amides is 1. The number of rotatable bonds is 10. The molecular formula is C24H31N3O2. The lowest BCUT2D eigenvalue weighted by molar-refractivity contribution is -0.121. The average Bonchev–Trinajstić information content (AvgIpc) is 3.06. The summed E-state index contributed by atoms with van der Waals surface area (Å²) in [4.78, 5) is 16.5. The summed E-state index contributed by atoms with van der Waals surface area (Å²) in [7, 11) is 0. The number of aromatic nitrogens is 2.